The Bertz CT molecular complexity index is 600. The van der Waals surface area contributed by atoms with Gasteiger partial charge in [-0.1, -0.05) is 18.7 Å². The summed E-state index contributed by atoms with van der Waals surface area (Å²) in [6.45, 7) is 9.44. The highest BCUT2D eigenvalue weighted by atomic mass is 16.6. The zero-order chi connectivity index (χ0) is 16.0. The first kappa shape index (κ1) is 15.0. The van der Waals surface area contributed by atoms with Crippen LogP contribution in [0.2, 0.25) is 0 Å². The van der Waals surface area contributed by atoms with E-state index >= 15 is 0 Å². The molecule has 0 bridgehead atoms. The molecular formula is C17H20O5. The van der Waals surface area contributed by atoms with Crippen LogP contribution in [0.5, 0.6) is 0 Å². The molecule has 2 aliphatic carbocycles. The van der Waals surface area contributed by atoms with E-state index in [1.165, 1.54) is 6.92 Å². The molecule has 1 saturated carbocycles. The maximum atomic E-state index is 11.8. The molecule has 0 amide bonds. The molecule has 1 N–H and O–H groups in total. The molecule has 0 radical (unpaired) electrons. The van der Waals surface area contributed by atoms with E-state index in [1.54, 1.807) is 0 Å². The van der Waals surface area contributed by atoms with E-state index < -0.39 is 6.10 Å². The zero-order valence-electron chi connectivity index (χ0n) is 12.6. The molecule has 22 heavy (non-hydrogen) atoms. The van der Waals surface area contributed by atoms with Gasteiger partial charge >= 0.3 is 11.9 Å². The normalized spacial score (nSPS) is 34.2. The lowest BCUT2D eigenvalue weighted by molar-refractivity contribution is -0.140. The monoisotopic (exact) mass is 304 g/mol. The SMILES string of the molecule is C=C1C(=O)OC2C1CCC(COC(C)=O)=C1CC(O)C(=C)C12. The number of carbonyl (C=O) groups excluding carboxylic acids is 2. The van der Waals surface area contributed by atoms with Gasteiger partial charge in [-0.05, 0) is 30.4 Å². The van der Waals surface area contributed by atoms with Gasteiger partial charge in [0.25, 0.3) is 0 Å². The molecule has 5 heteroatoms. The molecule has 3 rings (SSSR count). The van der Waals surface area contributed by atoms with Crippen molar-refractivity contribution in [3.8, 4) is 0 Å². The fourth-order valence-corrected chi connectivity index (χ4v) is 3.78. The Labute approximate surface area is 129 Å². The molecule has 0 spiro atoms. The summed E-state index contributed by atoms with van der Waals surface area (Å²) < 4.78 is 10.7. The van der Waals surface area contributed by atoms with Crippen LogP contribution in [0.1, 0.15) is 26.2 Å². The summed E-state index contributed by atoms with van der Waals surface area (Å²) in [5.74, 6) is -0.949. The van der Waals surface area contributed by atoms with Crippen molar-refractivity contribution in [1.82, 2.24) is 0 Å². The Kier molecular flexibility index (Phi) is 3.68. The van der Waals surface area contributed by atoms with E-state index in [0.717, 1.165) is 17.6 Å². The molecule has 2 fully saturated rings. The van der Waals surface area contributed by atoms with Gasteiger partial charge in [-0.15, -0.1) is 0 Å². The molecule has 1 aliphatic heterocycles. The first-order valence-corrected chi connectivity index (χ1v) is 7.50. The summed E-state index contributed by atoms with van der Waals surface area (Å²) >= 11 is 0. The average molecular weight is 304 g/mol. The van der Waals surface area contributed by atoms with Crippen LogP contribution in [-0.4, -0.2) is 35.9 Å². The van der Waals surface area contributed by atoms with E-state index in [2.05, 4.69) is 13.2 Å². The second-order valence-corrected chi connectivity index (χ2v) is 6.22. The third kappa shape index (κ3) is 2.29. The average Bonchev–Trinajstić information content (AvgIpc) is 2.84. The standard InChI is InChI=1S/C17H20O5/c1-8-12-5-4-11(7-21-10(3)18)13-6-14(19)9(2)15(13)16(12)22-17(8)20/h12,14-16,19H,1-2,4-7H2,3H3. The minimum atomic E-state index is -0.640. The predicted molar refractivity (Wildman–Crippen MR) is 78.7 cm³/mol. The van der Waals surface area contributed by atoms with E-state index in [-0.39, 0.29) is 36.5 Å². The van der Waals surface area contributed by atoms with E-state index in [4.69, 9.17) is 9.47 Å². The molecule has 0 aromatic heterocycles. The van der Waals surface area contributed by atoms with Gasteiger partial charge in [-0.3, -0.25) is 4.79 Å². The molecule has 118 valence electrons. The van der Waals surface area contributed by atoms with Crippen LogP contribution >= 0.6 is 0 Å². The lowest BCUT2D eigenvalue weighted by Crippen LogP contribution is -2.27. The summed E-state index contributed by atoms with van der Waals surface area (Å²) in [7, 11) is 0. The molecule has 5 nitrogen and oxygen atoms in total. The maximum Gasteiger partial charge on any atom is 0.334 e. The molecule has 1 heterocycles. The summed E-state index contributed by atoms with van der Waals surface area (Å²) in [6, 6.07) is 0. The number of esters is 2. The van der Waals surface area contributed by atoms with Crippen molar-refractivity contribution in [3.63, 3.8) is 0 Å². The second-order valence-electron chi connectivity index (χ2n) is 6.22. The topological polar surface area (TPSA) is 72.8 Å². The molecule has 0 aromatic carbocycles. The highest BCUT2D eigenvalue weighted by molar-refractivity contribution is 5.91. The third-order valence-corrected chi connectivity index (χ3v) is 4.96. The quantitative estimate of drug-likeness (QED) is 0.477. The fourth-order valence-electron chi connectivity index (χ4n) is 3.78. The summed E-state index contributed by atoms with van der Waals surface area (Å²) in [5, 5.41) is 10.2. The van der Waals surface area contributed by atoms with Gasteiger partial charge in [-0.25, -0.2) is 4.79 Å². The maximum absolute atomic E-state index is 11.8. The van der Waals surface area contributed by atoms with Crippen molar-refractivity contribution < 1.29 is 24.2 Å². The van der Waals surface area contributed by atoms with Gasteiger partial charge in [0.2, 0.25) is 0 Å². The van der Waals surface area contributed by atoms with Crippen LogP contribution in [0.15, 0.2) is 35.5 Å². The number of rotatable bonds is 2. The number of carbonyl (C=O) groups is 2. The number of aliphatic hydroxyl groups excluding tert-OH is 1. The van der Waals surface area contributed by atoms with Crippen molar-refractivity contribution in [3.05, 3.63) is 35.5 Å². The molecule has 4 atom stereocenters. The van der Waals surface area contributed by atoms with Crippen LogP contribution in [0.4, 0.5) is 0 Å². The van der Waals surface area contributed by atoms with Gasteiger partial charge in [0.15, 0.2) is 0 Å². The minimum Gasteiger partial charge on any atom is -0.461 e. The molecule has 3 aliphatic rings. The number of hydrogen-bond acceptors (Lipinski definition) is 5. The Morgan fingerprint density at radius 2 is 2.18 bits per heavy atom. The third-order valence-electron chi connectivity index (χ3n) is 4.96. The van der Waals surface area contributed by atoms with Crippen LogP contribution in [-0.2, 0) is 19.1 Å². The lowest BCUT2D eigenvalue weighted by atomic mass is 9.84. The van der Waals surface area contributed by atoms with Crippen LogP contribution in [0, 0.1) is 11.8 Å². The first-order valence-electron chi connectivity index (χ1n) is 7.50. The lowest BCUT2D eigenvalue weighted by Gasteiger charge is -2.23. The number of aliphatic hydroxyl groups is 1. The van der Waals surface area contributed by atoms with Gasteiger partial charge in [0.05, 0.1) is 6.10 Å². The van der Waals surface area contributed by atoms with E-state index in [1.807, 2.05) is 0 Å². The van der Waals surface area contributed by atoms with Crippen molar-refractivity contribution in [2.45, 2.75) is 38.4 Å². The van der Waals surface area contributed by atoms with Crippen molar-refractivity contribution in [2.24, 2.45) is 11.8 Å². The van der Waals surface area contributed by atoms with Crippen molar-refractivity contribution >= 4 is 11.9 Å². The number of fused-ring (bicyclic) bond motifs is 3. The molecule has 1 saturated heterocycles. The van der Waals surface area contributed by atoms with Gasteiger partial charge in [-0.2, -0.15) is 0 Å². The van der Waals surface area contributed by atoms with Gasteiger partial charge in [0, 0.05) is 24.3 Å². The Hall–Kier alpha value is -1.88. The predicted octanol–water partition coefficient (Wildman–Crippen LogP) is 1.67. The van der Waals surface area contributed by atoms with E-state index in [9.17, 15) is 14.7 Å². The van der Waals surface area contributed by atoms with Crippen LogP contribution in [0.3, 0.4) is 0 Å². The van der Waals surface area contributed by atoms with Crippen molar-refractivity contribution in [2.75, 3.05) is 6.61 Å². The fraction of sp³-hybridized carbons (Fsp3) is 0.529. The van der Waals surface area contributed by atoms with Crippen LogP contribution < -0.4 is 0 Å². The van der Waals surface area contributed by atoms with Gasteiger partial charge < -0.3 is 14.6 Å². The zero-order valence-corrected chi connectivity index (χ0v) is 12.6. The summed E-state index contributed by atoms with van der Waals surface area (Å²) in [5.41, 5.74) is 3.19. The minimum absolute atomic E-state index is 0.0654. The molecular weight excluding hydrogens is 284 g/mol. The molecule has 0 aromatic rings. The van der Waals surface area contributed by atoms with Gasteiger partial charge in [0.1, 0.15) is 12.7 Å². The highest BCUT2D eigenvalue weighted by Crippen LogP contribution is 2.50. The number of hydrogen-bond donors (Lipinski definition) is 1. The molecule has 4 unspecified atom stereocenters. The summed E-state index contributed by atoms with van der Waals surface area (Å²) in [4.78, 5) is 22.9. The Balaban J connectivity index is 1.97. The number of ether oxygens (including phenoxy) is 2. The summed E-state index contributed by atoms with van der Waals surface area (Å²) in [6.07, 6.45) is 0.923. The smallest absolute Gasteiger partial charge is 0.334 e. The van der Waals surface area contributed by atoms with E-state index in [0.29, 0.717) is 24.0 Å². The van der Waals surface area contributed by atoms with Crippen molar-refractivity contribution in [1.29, 1.82) is 0 Å². The first-order chi connectivity index (χ1) is 10.4. The largest absolute Gasteiger partial charge is 0.461 e. The Morgan fingerprint density at radius 3 is 2.86 bits per heavy atom. The highest BCUT2D eigenvalue weighted by Gasteiger charge is 2.50. The second kappa shape index (κ2) is 5.39. The Morgan fingerprint density at radius 1 is 1.45 bits per heavy atom. The van der Waals surface area contributed by atoms with Crippen LogP contribution in [0.25, 0.3) is 0 Å².